The van der Waals surface area contributed by atoms with E-state index in [-0.39, 0.29) is 0 Å². The Kier molecular flexibility index (Phi) is 4.19. The van der Waals surface area contributed by atoms with Crippen molar-refractivity contribution in [2.24, 2.45) is 0 Å². The topological polar surface area (TPSA) is 34.1 Å². The van der Waals surface area contributed by atoms with Crippen LogP contribution in [0.5, 0.6) is 0 Å². The largest absolute Gasteiger partial charge is 0.555 e. The summed E-state index contributed by atoms with van der Waals surface area (Å²) in [5, 5.41) is 0. The highest BCUT2D eigenvalue weighted by molar-refractivity contribution is 6.87. The molecule has 24 valence electrons. The van der Waals surface area contributed by atoms with Crippen LogP contribution in [0.3, 0.4) is 0 Å². The molecule has 3 heteroatoms. The van der Waals surface area contributed by atoms with Crippen LogP contribution < -0.4 is 0 Å². The van der Waals surface area contributed by atoms with Crippen molar-refractivity contribution in [2.45, 2.75) is 0 Å². The average Bonchev–Trinajstić information content (AvgIpc) is 1.41. The van der Waals surface area contributed by atoms with Crippen molar-refractivity contribution in [3.63, 3.8) is 0 Å². The zero-order valence-electron chi connectivity index (χ0n) is 2.68. The zero-order valence-corrected chi connectivity index (χ0v) is 4.09. The Morgan fingerprint density at radius 2 is 1.60 bits per heavy atom. The molecule has 0 fully saturated rings. The van der Waals surface area contributed by atoms with Crippen LogP contribution in [0.15, 0.2) is 0 Å². The fraction of sp³-hybridized carbons (Fsp3) is 0. The minimum absolute atomic E-state index is 0.701. The van der Waals surface area contributed by atoms with E-state index in [1.807, 2.05) is 0 Å². The number of carbonyl (C=O) groups is 2. The Balaban J connectivity index is 2.65. The van der Waals surface area contributed by atoms with Gasteiger partial charge in [0, 0.05) is 0 Å². The van der Waals surface area contributed by atoms with Gasteiger partial charge in [-0.15, -0.1) is 0 Å². The van der Waals surface area contributed by atoms with E-state index in [2.05, 4.69) is 0 Å². The van der Waals surface area contributed by atoms with Crippen LogP contribution in [0, 0.1) is 0 Å². The fourth-order valence-corrected chi connectivity index (χ4v) is 0.118. The number of rotatable bonds is 2. The Bertz CT molecular complexity index is 36.9. The van der Waals surface area contributed by atoms with Crippen LogP contribution in [0.25, 0.3) is 0 Å². The van der Waals surface area contributed by atoms with Crippen LogP contribution in [0.2, 0.25) is 0 Å². The van der Waals surface area contributed by atoms with Crippen molar-refractivity contribution < 1.29 is 9.59 Å². The van der Waals surface area contributed by atoms with Gasteiger partial charge in [0.05, 0.1) is 0 Å². The van der Waals surface area contributed by atoms with Crippen LogP contribution in [0.1, 0.15) is 0 Å². The van der Waals surface area contributed by atoms with Gasteiger partial charge in [-0.3, -0.25) is 0 Å². The van der Waals surface area contributed by atoms with Gasteiger partial charge in [-0.2, -0.15) is 0 Å². The van der Waals surface area contributed by atoms with Crippen molar-refractivity contribution >= 4 is 29.2 Å². The van der Waals surface area contributed by atoms with E-state index >= 15 is 0 Å². The Morgan fingerprint density at radius 3 is 1.60 bits per heavy atom. The van der Waals surface area contributed by atoms with Crippen molar-refractivity contribution in [2.75, 3.05) is 0 Å². The molecule has 5 heavy (non-hydrogen) atoms. The second kappa shape index (κ2) is 4.11. The molecule has 0 saturated heterocycles. The fourth-order valence-electron chi connectivity index (χ4n) is 0.0393. The summed E-state index contributed by atoms with van der Waals surface area (Å²) in [7, 11) is 0. The first-order valence-electron chi connectivity index (χ1n) is 1.29. The van der Waals surface area contributed by atoms with Crippen LogP contribution >= 0.6 is 0 Å². The first-order chi connectivity index (χ1) is 2.41. The summed E-state index contributed by atoms with van der Waals surface area (Å²) in [5.41, 5.74) is 0. The third-order valence-corrected chi connectivity index (χ3v) is 0.577. The average molecular weight is 82.3 g/mol. The van der Waals surface area contributed by atoms with E-state index in [1.165, 1.54) is 0 Å². The molecule has 0 N–H and O–H groups in total. The van der Waals surface area contributed by atoms with Crippen LogP contribution in [-0.4, -0.2) is 29.2 Å². The summed E-state index contributed by atoms with van der Waals surface area (Å²) in [6.45, 7) is 0. The molecule has 0 saturated carbocycles. The molecule has 0 unspecified atom stereocenters. The second-order valence-electron chi connectivity index (χ2n) is 0.569. The molecule has 0 aromatic carbocycles. The molecule has 0 heterocycles. The van der Waals surface area contributed by atoms with E-state index in [0.29, 0.717) is 8.83 Å². The van der Waals surface area contributed by atoms with E-state index in [0.717, 1.165) is 0 Å². The van der Waals surface area contributed by atoms with Gasteiger partial charge in [0.25, 0.3) is 0 Å². The molecule has 0 radical (unpaired) electrons. The maximum atomic E-state index is 9.24. The molecule has 0 aromatic rings. The number of hydrogen-bond acceptors (Lipinski definition) is 2. The molecule has 0 aliphatic carbocycles. The van der Waals surface area contributed by atoms with Gasteiger partial charge in [-0.25, -0.2) is 0 Å². The van der Waals surface area contributed by atoms with Gasteiger partial charge in [-0.05, 0) is 8.83 Å². The summed E-state index contributed by atoms with van der Waals surface area (Å²) in [6.07, 6.45) is 0. The molecular formula is C2H2MgO2. The molecule has 0 aromatic heterocycles. The molecule has 0 bridgehead atoms. The lowest BCUT2D eigenvalue weighted by atomic mass is 11.7. The molecule has 0 atom stereocenters. The van der Waals surface area contributed by atoms with Crippen molar-refractivity contribution in [1.82, 2.24) is 0 Å². The normalized spacial score (nSPS) is 4.80. The van der Waals surface area contributed by atoms with E-state index in [9.17, 15) is 9.59 Å². The monoisotopic (exact) mass is 82.0 g/mol. The molecule has 0 aliphatic rings. The van der Waals surface area contributed by atoms with E-state index in [4.69, 9.17) is 0 Å². The predicted octanol–water partition coefficient (Wildman–Crippen LogP) is -0.929. The van der Waals surface area contributed by atoms with Crippen LogP contribution in [-0.2, 0) is 9.59 Å². The number of carbonyl (C=O) groups excluding carboxylic acids is 2. The summed E-state index contributed by atoms with van der Waals surface area (Å²) >= 11 is -0.929. The second-order valence-corrected chi connectivity index (χ2v) is 1.71. The Labute approximate surface area is 39.3 Å². The summed E-state index contributed by atoms with van der Waals surface area (Å²) < 4.78 is 1.40. The SMILES string of the molecule is O=[CH][Mg][CH]=O. The molecule has 0 rings (SSSR count). The van der Waals surface area contributed by atoms with Gasteiger partial charge < -0.3 is 9.59 Å². The molecular weight excluding hydrogens is 80.3 g/mol. The Hall–Kier alpha value is 0.106. The summed E-state index contributed by atoms with van der Waals surface area (Å²) in [6, 6.07) is 0. The standard InChI is InChI=1S/2CHO.Mg/c2*1-2;/h2*1H;. The third kappa shape index (κ3) is 4.11. The molecule has 0 amide bonds. The maximum absolute atomic E-state index is 9.24. The highest BCUT2D eigenvalue weighted by atomic mass is 24.5. The van der Waals surface area contributed by atoms with Crippen molar-refractivity contribution in [3.05, 3.63) is 0 Å². The van der Waals surface area contributed by atoms with Gasteiger partial charge in [0.2, 0.25) is 0 Å². The van der Waals surface area contributed by atoms with Crippen molar-refractivity contribution in [3.8, 4) is 0 Å². The highest BCUT2D eigenvalue weighted by Gasteiger charge is 1.82. The molecule has 0 spiro atoms. The van der Waals surface area contributed by atoms with E-state index in [1.54, 1.807) is 0 Å². The summed E-state index contributed by atoms with van der Waals surface area (Å²) in [5.74, 6) is 0. The Morgan fingerprint density at radius 1 is 1.20 bits per heavy atom. The van der Waals surface area contributed by atoms with Crippen molar-refractivity contribution in [1.29, 1.82) is 0 Å². The molecule has 2 nitrogen and oxygen atoms in total. The first kappa shape index (κ1) is 5.11. The lowest BCUT2D eigenvalue weighted by molar-refractivity contribution is 0.564. The van der Waals surface area contributed by atoms with Gasteiger partial charge in [0.1, 0.15) is 0 Å². The van der Waals surface area contributed by atoms with E-state index < -0.39 is 20.4 Å². The zero-order chi connectivity index (χ0) is 4.12. The minimum atomic E-state index is -0.929. The minimum Gasteiger partial charge on any atom is -0.339 e. The number of hydrogen-bond donors (Lipinski definition) is 0. The lowest BCUT2D eigenvalue weighted by Gasteiger charge is -1.45. The molecule has 0 aliphatic heterocycles. The van der Waals surface area contributed by atoms with Gasteiger partial charge in [-0.1, -0.05) is 0 Å². The first-order valence-corrected chi connectivity index (χ1v) is 2.92. The maximum Gasteiger partial charge on any atom is 0.555 e. The summed E-state index contributed by atoms with van der Waals surface area (Å²) in [4.78, 5) is 18.5. The van der Waals surface area contributed by atoms with Crippen LogP contribution in [0.4, 0.5) is 0 Å². The lowest BCUT2D eigenvalue weighted by Crippen LogP contribution is -1.89. The third-order valence-electron chi connectivity index (χ3n) is 0.192. The quantitative estimate of drug-likeness (QED) is 0.319. The predicted molar refractivity (Wildman–Crippen MR) is 19.3 cm³/mol. The highest BCUT2D eigenvalue weighted by Crippen LogP contribution is 1.28. The smallest absolute Gasteiger partial charge is 0.339 e. The van der Waals surface area contributed by atoms with Gasteiger partial charge >= 0.3 is 20.4 Å². The van der Waals surface area contributed by atoms with Gasteiger partial charge in [0.15, 0.2) is 0 Å².